The van der Waals surface area contributed by atoms with Crippen LogP contribution in [-0.4, -0.2) is 0 Å². The van der Waals surface area contributed by atoms with E-state index in [1.165, 1.54) is 44.9 Å². The number of hydrogen-bond acceptors (Lipinski definition) is 0. The standard InChI is InChI=1S/C13H18/c1-2-5-9-12(8-4-1)13-10-6-3-7-11-13/h3,6,8,10H,1-2,4-5,7,9,11H2. The monoisotopic (exact) mass is 174 g/mol. The van der Waals surface area contributed by atoms with E-state index in [1.807, 2.05) is 0 Å². The summed E-state index contributed by atoms with van der Waals surface area (Å²) < 4.78 is 0. The summed E-state index contributed by atoms with van der Waals surface area (Å²) in [5.41, 5.74) is 3.24. The van der Waals surface area contributed by atoms with Crippen molar-refractivity contribution in [3.05, 3.63) is 35.5 Å². The van der Waals surface area contributed by atoms with Gasteiger partial charge in [0.05, 0.1) is 0 Å². The Bertz CT molecular complexity index is 253. The maximum absolute atomic E-state index is 2.47. The molecular weight excluding hydrogens is 156 g/mol. The van der Waals surface area contributed by atoms with Crippen molar-refractivity contribution in [1.29, 1.82) is 0 Å². The van der Waals surface area contributed by atoms with Crippen LogP contribution in [0, 0.1) is 0 Å². The van der Waals surface area contributed by atoms with E-state index in [4.69, 9.17) is 0 Å². The van der Waals surface area contributed by atoms with E-state index >= 15 is 0 Å². The van der Waals surface area contributed by atoms with Crippen molar-refractivity contribution in [2.24, 2.45) is 0 Å². The molecule has 0 N–H and O–H groups in total. The highest BCUT2D eigenvalue weighted by molar-refractivity contribution is 5.36. The van der Waals surface area contributed by atoms with Crippen LogP contribution in [0.1, 0.15) is 44.9 Å². The molecule has 0 heterocycles. The summed E-state index contributed by atoms with van der Waals surface area (Å²) >= 11 is 0. The molecule has 0 fully saturated rings. The Labute approximate surface area is 81.0 Å². The zero-order valence-corrected chi connectivity index (χ0v) is 8.26. The largest absolute Gasteiger partial charge is 0.0842 e. The van der Waals surface area contributed by atoms with Gasteiger partial charge in [-0.2, -0.15) is 0 Å². The molecule has 70 valence electrons. The van der Waals surface area contributed by atoms with Crippen LogP contribution < -0.4 is 0 Å². The van der Waals surface area contributed by atoms with Gasteiger partial charge in [0.15, 0.2) is 0 Å². The lowest BCUT2D eigenvalue weighted by atomic mass is 9.94. The van der Waals surface area contributed by atoms with Crippen molar-refractivity contribution in [1.82, 2.24) is 0 Å². The van der Waals surface area contributed by atoms with Gasteiger partial charge in [-0.05, 0) is 49.7 Å². The summed E-state index contributed by atoms with van der Waals surface area (Å²) in [6, 6.07) is 0. The van der Waals surface area contributed by atoms with Crippen LogP contribution in [0.25, 0.3) is 0 Å². The third-order valence-electron chi connectivity index (χ3n) is 2.97. The van der Waals surface area contributed by atoms with Crippen LogP contribution in [0.3, 0.4) is 0 Å². The summed E-state index contributed by atoms with van der Waals surface area (Å²) in [6.07, 6.45) is 18.6. The second-order valence-corrected chi connectivity index (χ2v) is 3.99. The molecule has 0 spiro atoms. The normalized spacial score (nSPS) is 23.4. The summed E-state index contributed by atoms with van der Waals surface area (Å²) in [5, 5.41) is 0. The topological polar surface area (TPSA) is 0 Å². The van der Waals surface area contributed by atoms with E-state index in [2.05, 4.69) is 24.3 Å². The SMILES string of the molecule is C1=CCCC(C2=CCCCCC2)=C1. The summed E-state index contributed by atoms with van der Waals surface area (Å²) in [6.45, 7) is 0. The van der Waals surface area contributed by atoms with Crippen molar-refractivity contribution in [3.8, 4) is 0 Å². The van der Waals surface area contributed by atoms with Gasteiger partial charge in [-0.3, -0.25) is 0 Å². The van der Waals surface area contributed by atoms with Gasteiger partial charge in [0.25, 0.3) is 0 Å². The van der Waals surface area contributed by atoms with E-state index in [-0.39, 0.29) is 0 Å². The van der Waals surface area contributed by atoms with E-state index in [1.54, 1.807) is 11.1 Å². The second-order valence-electron chi connectivity index (χ2n) is 3.99. The zero-order chi connectivity index (χ0) is 8.93. The second kappa shape index (κ2) is 4.45. The summed E-state index contributed by atoms with van der Waals surface area (Å²) in [4.78, 5) is 0. The van der Waals surface area contributed by atoms with Gasteiger partial charge in [-0.1, -0.05) is 30.7 Å². The molecule has 2 aliphatic rings. The Morgan fingerprint density at radius 1 is 0.846 bits per heavy atom. The van der Waals surface area contributed by atoms with Gasteiger partial charge < -0.3 is 0 Å². The highest BCUT2D eigenvalue weighted by Gasteiger charge is 2.08. The molecule has 0 heteroatoms. The van der Waals surface area contributed by atoms with Crippen molar-refractivity contribution in [3.63, 3.8) is 0 Å². The third kappa shape index (κ3) is 2.33. The predicted octanol–water partition coefficient (Wildman–Crippen LogP) is 4.15. The minimum atomic E-state index is 1.24. The fourth-order valence-corrected chi connectivity index (χ4v) is 2.18. The third-order valence-corrected chi connectivity index (χ3v) is 2.97. The number of hydrogen-bond donors (Lipinski definition) is 0. The van der Waals surface area contributed by atoms with Crippen LogP contribution in [0.2, 0.25) is 0 Å². The summed E-state index contributed by atoms with van der Waals surface area (Å²) in [5.74, 6) is 0. The molecular formula is C13H18. The molecule has 0 unspecified atom stereocenters. The Hall–Kier alpha value is -0.780. The molecule has 0 saturated heterocycles. The molecule has 0 aromatic heterocycles. The number of rotatable bonds is 1. The van der Waals surface area contributed by atoms with Gasteiger partial charge in [-0.15, -0.1) is 0 Å². The van der Waals surface area contributed by atoms with Crippen LogP contribution in [0.4, 0.5) is 0 Å². The molecule has 0 aliphatic heterocycles. The first-order chi connectivity index (χ1) is 6.47. The molecule has 2 aliphatic carbocycles. The Balaban J connectivity index is 2.09. The lowest BCUT2D eigenvalue weighted by Gasteiger charge is -2.11. The maximum Gasteiger partial charge on any atom is -0.0241 e. The Morgan fingerprint density at radius 2 is 1.85 bits per heavy atom. The molecule has 0 radical (unpaired) electrons. The zero-order valence-electron chi connectivity index (χ0n) is 8.26. The average Bonchev–Trinajstić information content (AvgIpc) is 2.47. The smallest absolute Gasteiger partial charge is 0.0241 e. The lowest BCUT2D eigenvalue weighted by Crippen LogP contribution is -1.92. The minimum absolute atomic E-state index is 1.24. The molecule has 0 nitrogen and oxygen atoms in total. The van der Waals surface area contributed by atoms with Crippen molar-refractivity contribution in [2.45, 2.75) is 44.9 Å². The van der Waals surface area contributed by atoms with Gasteiger partial charge in [0.1, 0.15) is 0 Å². The Morgan fingerprint density at radius 3 is 2.69 bits per heavy atom. The molecule has 0 aromatic rings. The molecule has 0 amide bonds. The molecule has 0 saturated carbocycles. The van der Waals surface area contributed by atoms with Gasteiger partial charge in [0.2, 0.25) is 0 Å². The Kier molecular flexibility index (Phi) is 3.02. The van der Waals surface area contributed by atoms with E-state index in [0.29, 0.717) is 0 Å². The first kappa shape index (κ1) is 8.80. The van der Waals surface area contributed by atoms with Gasteiger partial charge >= 0.3 is 0 Å². The number of allylic oxidation sites excluding steroid dienone is 6. The quantitative estimate of drug-likeness (QED) is 0.560. The predicted molar refractivity (Wildman–Crippen MR) is 57.6 cm³/mol. The fraction of sp³-hybridized carbons (Fsp3) is 0.538. The van der Waals surface area contributed by atoms with E-state index < -0.39 is 0 Å². The molecule has 13 heavy (non-hydrogen) atoms. The van der Waals surface area contributed by atoms with E-state index in [0.717, 1.165) is 0 Å². The molecule has 0 bridgehead atoms. The highest BCUT2D eigenvalue weighted by atomic mass is 14.1. The van der Waals surface area contributed by atoms with Crippen molar-refractivity contribution < 1.29 is 0 Å². The highest BCUT2D eigenvalue weighted by Crippen LogP contribution is 2.27. The lowest BCUT2D eigenvalue weighted by molar-refractivity contribution is 0.710. The maximum atomic E-state index is 2.47. The minimum Gasteiger partial charge on any atom is -0.0842 e. The van der Waals surface area contributed by atoms with E-state index in [9.17, 15) is 0 Å². The van der Waals surface area contributed by atoms with Crippen molar-refractivity contribution in [2.75, 3.05) is 0 Å². The van der Waals surface area contributed by atoms with Gasteiger partial charge in [0, 0.05) is 0 Å². The molecule has 0 aromatic carbocycles. The van der Waals surface area contributed by atoms with Crippen molar-refractivity contribution >= 4 is 0 Å². The van der Waals surface area contributed by atoms with Crippen LogP contribution >= 0.6 is 0 Å². The van der Waals surface area contributed by atoms with Crippen LogP contribution in [0.15, 0.2) is 35.5 Å². The van der Waals surface area contributed by atoms with Gasteiger partial charge in [-0.25, -0.2) is 0 Å². The van der Waals surface area contributed by atoms with Crippen LogP contribution in [0.5, 0.6) is 0 Å². The van der Waals surface area contributed by atoms with Crippen LogP contribution in [-0.2, 0) is 0 Å². The summed E-state index contributed by atoms with van der Waals surface area (Å²) in [7, 11) is 0. The molecule has 2 rings (SSSR count). The first-order valence-electron chi connectivity index (χ1n) is 5.52. The molecule has 0 atom stereocenters. The fourth-order valence-electron chi connectivity index (χ4n) is 2.18. The first-order valence-corrected chi connectivity index (χ1v) is 5.52. The average molecular weight is 174 g/mol.